The first kappa shape index (κ1) is 25.6. The third-order valence-corrected chi connectivity index (χ3v) is 7.72. The second-order valence-electron chi connectivity index (χ2n) is 10.3. The number of aromatic nitrogens is 1. The van der Waals surface area contributed by atoms with Crippen LogP contribution in [0.5, 0.6) is 0 Å². The van der Waals surface area contributed by atoms with Gasteiger partial charge in [-0.05, 0) is 85.9 Å². The number of fused-ring (bicyclic) bond motifs is 1. The number of halogens is 1. The lowest BCUT2D eigenvalue weighted by molar-refractivity contribution is 0.171. The van der Waals surface area contributed by atoms with Crippen LogP contribution in [0.2, 0.25) is 0 Å². The van der Waals surface area contributed by atoms with Crippen LogP contribution in [-0.2, 0) is 17.6 Å². The average Bonchev–Trinajstić information content (AvgIpc) is 3.46. The maximum atomic E-state index is 11.3. The van der Waals surface area contributed by atoms with Crippen molar-refractivity contribution in [2.24, 2.45) is 5.92 Å². The number of aromatic amines is 1. The monoisotopic (exact) mass is 495 g/mol. The number of aryl methyl sites for hydroxylation is 1. The third-order valence-electron chi connectivity index (χ3n) is 7.72. The standard InChI is InChI=1S/C29H37N3O2.ClH/c1-21(24-7-3-2-4-8-24)19-32-14-12-22(13-15-32)6-5-9-25-18-30-28-11-10-23(17-27(25)28)16-26-20-34-29(33)31-26;/h2-4,7-8,10-11,17-18,21-22,26,30H,5-6,9,12-16,19-20H2,1H3,(H,31,33);1H/t21?,26-;/m0./s1. The average molecular weight is 496 g/mol. The molecular weight excluding hydrogens is 458 g/mol. The van der Waals surface area contributed by atoms with E-state index in [1.54, 1.807) is 0 Å². The van der Waals surface area contributed by atoms with Crippen molar-refractivity contribution >= 4 is 29.4 Å². The number of benzene rings is 2. The number of ether oxygens (including phenoxy) is 1. The summed E-state index contributed by atoms with van der Waals surface area (Å²) in [7, 11) is 0. The Morgan fingerprint density at radius 1 is 1.11 bits per heavy atom. The summed E-state index contributed by atoms with van der Waals surface area (Å²) in [5, 5.41) is 4.21. The van der Waals surface area contributed by atoms with E-state index < -0.39 is 0 Å². The zero-order valence-corrected chi connectivity index (χ0v) is 21.5. The number of alkyl carbamates (subject to hydrolysis) is 1. The van der Waals surface area contributed by atoms with Gasteiger partial charge in [0.15, 0.2) is 0 Å². The molecule has 3 heterocycles. The summed E-state index contributed by atoms with van der Waals surface area (Å²) in [6.45, 7) is 6.46. The number of likely N-dealkylation sites (tertiary alicyclic amines) is 1. The van der Waals surface area contributed by atoms with Crippen LogP contribution in [0.1, 0.15) is 55.2 Å². The van der Waals surface area contributed by atoms with Crippen LogP contribution in [0.15, 0.2) is 54.7 Å². The molecule has 2 atom stereocenters. The Bertz CT molecular complexity index is 1090. The van der Waals surface area contributed by atoms with Gasteiger partial charge in [-0.15, -0.1) is 12.4 Å². The lowest BCUT2D eigenvalue weighted by atomic mass is 9.90. The van der Waals surface area contributed by atoms with Crippen LogP contribution in [0.3, 0.4) is 0 Å². The van der Waals surface area contributed by atoms with Gasteiger partial charge >= 0.3 is 6.09 Å². The number of nitrogens with zero attached hydrogens (tertiary/aromatic N) is 1. The first-order valence-electron chi connectivity index (χ1n) is 12.9. The zero-order chi connectivity index (χ0) is 23.3. The van der Waals surface area contributed by atoms with Gasteiger partial charge in [-0.25, -0.2) is 4.79 Å². The van der Waals surface area contributed by atoms with E-state index in [0.29, 0.717) is 12.5 Å². The van der Waals surface area contributed by atoms with Gasteiger partial charge < -0.3 is 19.9 Å². The van der Waals surface area contributed by atoms with Crippen LogP contribution in [-0.4, -0.2) is 48.3 Å². The number of carbonyl (C=O) groups is 1. The maximum Gasteiger partial charge on any atom is 0.407 e. The topological polar surface area (TPSA) is 57.4 Å². The van der Waals surface area contributed by atoms with Gasteiger partial charge in [-0.3, -0.25) is 0 Å². The predicted molar refractivity (Wildman–Crippen MR) is 144 cm³/mol. The summed E-state index contributed by atoms with van der Waals surface area (Å²) in [6.07, 6.45) is 9.04. The molecule has 35 heavy (non-hydrogen) atoms. The molecule has 2 aliphatic heterocycles. The molecule has 5 nitrogen and oxygen atoms in total. The van der Waals surface area contributed by atoms with Gasteiger partial charge in [0.1, 0.15) is 6.61 Å². The third kappa shape index (κ3) is 6.59. The molecule has 6 heteroatoms. The number of piperidine rings is 1. The lowest BCUT2D eigenvalue weighted by Crippen LogP contribution is -2.36. The van der Waals surface area contributed by atoms with E-state index in [-0.39, 0.29) is 24.5 Å². The fourth-order valence-electron chi connectivity index (χ4n) is 5.69. The van der Waals surface area contributed by atoms with Crippen LogP contribution >= 0.6 is 12.4 Å². The van der Waals surface area contributed by atoms with Gasteiger partial charge in [-0.1, -0.05) is 49.7 Å². The van der Waals surface area contributed by atoms with Gasteiger partial charge in [0.2, 0.25) is 0 Å². The van der Waals surface area contributed by atoms with E-state index in [2.05, 4.69) is 76.9 Å². The molecule has 0 spiro atoms. The van der Waals surface area contributed by atoms with E-state index >= 15 is 0 Å². The number of cyclic esters (lactones) is 1. The highest BCUT2D eigenvalue weighted by atomic mass is 35.5. The highest BCUT2D eigenvalue weighted by Crippen LogP contribution is 2.27. The molecule has 0 radical (unpaired) electrons. The number of hydrogen-bond donors (Lipinski definition) is 2. The Kier molecular flexibility index (Phi) is 8.74. The van der Waals surface area contributed by atoms with Crippen molar-refractivity contribution in [2.45, 2.75) is 57.4 Å². The number of rotatable bonds is 9. The van der Waals surface area contributed by atoms with Crippen molar-refractivity contribution in [2.75, 3.05) is 26.2 Å². The molecule has 1 amide bonds. The van der Waals surface area contributed by atoms with Gasteiger partial charge in [0.25, 0.3) is 0 Å². The molecule has 1 aromatic heterocycles. The second kappa shape index (κ2) is 12.0. The Labute approximate surface area is 215 Å². The molecule has 1 unspecified atom stereocenters. The van der Waals surface area contributed by atoms with Crippen LogP contribution in [0.4, 0.5) is 4.79 Å². The molecule has 3 aromatic rings. The number of nitrogens with one attached hydrogen (secondary N) is 2. The molecule has 0 bridgehead atoms. The number of hydrogen-bond acceptors (Lipinski definition) is 3. The van der Waals surface area contributed by atoms with Crippen molar-refractivity contribution in [1.29, 1.82) is 0 Å². The van der Waals surface area contributed by atoms with E-state index in [0.717, 1.165) is 18.8 Å². The predicted octanol–water partition coefficient (Wildman–Crippen LogP) is 6.08. The van der Waals surface area contributed by atoms with Gasteiger partial charge in [0.05, 0.1) is 6.04 Å². The fourth-order valence-corrected chi connectivity index (χ4v) is 5.69. The Balaban J connectivity index is 0.00000289. The van der Waals surface area contributed by atoms with Gasteiger partial charge in [0, 0.05) is 23.6 Å². The first-order valence-corrected chi connectivity index (χ1v) is 12.9. The minimum absolute atomic E-state index is 0. The first-order chi connectivity index (χ1) is 16.6. The molecule has 0 aliphatic carbocycles. The van der Waals surface area contributed by atoms with Crippen molar-refractivity contribution in [1.82, 2.24) is 15.2 Å². The number of carbonyl (C=O) groups excluding carboxylic acids is 1. The SMILES string of the molecule is CC(CN1CCC(CCCc2c[nH]c3ccc(C[C@H]4COC(=O)N4)cc23)CC1)c1ccccc1.Cl. The highest BCUT2D eigenvalue weighted by molar-refractivity contribution is 5.85. The van der Waals surface area contributed by atoms with E-state index in [9.17, 15) is 4.79 Å². The summed E-state index contributed by atoms with van der Waals surface area (Å²) in [6, 6.07) is 17.6. The Morgan fingerprint density at radius 2 is 1.91 bits per heavy atom. The summed E-state index contributed by atoms with van der Waals surface area (Å²) in [4.78, 5) is 17.4. The zero-order valence-electron chi connectivity index (χ0n) is 20.7. The van der Waals surface area contributed by atoms with Crippen molar-refractivity contribution in [3.05, 3.63) is 71.4 Å². The van der Waals surface area contributed by atoms with Crippen LogP contribution in [0, 0.1) is 5.92 Å². The Morgan fingerprint density at radius 3 is 2.66 bits per heavy atom. The molecule has 2 N–H and O–H groups in total. The van der Waals surface area contributed by atoms with E-state index in [1.807, 2.05) is 0 Å². The van der Waals surface area contributed by atoms with Crippen molar-refractivity contribution in [3.63, 3.8) is 0 Å². The fraction of sp³-hybridized carbons (Fsp3) is 0.483. The summed E-state index contributed by atoms with van der Waals surface area (Å²) < 4.78 is 5.03. The summed E-state index contributed by atoms with van der Waals surface area (Å²) >= 11 is 0. The summed E-state index contributed by atoms with van der Waals surface area (Å²) in [5.41, 5.74) is 5.32. The maximum absolute atomic E-state index is 11.3. The molecule has 2 saturated heterocycles. The molecule has 2 aromatic carbocycles. The normalized spacial score (nSPS) is 19.8. The Hall–Kier alpha value is -2.50. The van der Waals surface area contributed by atoms with Gasteiger partial charge in [-0.2, -0.15) is 0 Å². The largest absolute Gasteiger partial charge is 0.447 e. The van der Waals surface area contributed by atoms with Crippen LogP contribution < -0.4 is 5.32 Å². The lowest BCUT2D eigenvalue weighted by Gasteiger charge is -2.33. The van der Waals surface area contributed by atoms with Crippen molar-refractivity contribution < 1.29 is 9.53 Å². The second-order valence-corrected chi connectivity index (χ2v) is 10.3. The highest BCUT2D eigenvalue weighted by Gasteiger charge is 2.23. The molecule has 2 fully saturated rings. The van der Waals surface area contributed by atoms with E-state index in [1.165, 1.54) is 72.9 Å². The van der Waals surface area contributed by atoms with Crippen molar-refractivity contribution in [3.8, 4) is 0 Å². The molecule has 5 rings (SSSR count). The molecule has 0 saturated carbocycles. The molecular formula is C29H38ClN3O2. The number of amides is 1. The van der Waals surface area contributed by atoms with E-state index in [4.69, 9.17) is 4.74 Å². The minimum Gasteiger partial charge on any atom is -0.447 e. The smallest absolute Gasteiger partial charge is 0.407 e. The molecule has 188 valence electrons. The number of H-pyrrole nitrogens is 1. The quantitative estimate of drug-likeness (QED) is 0.378. The minimum atomic E-state index is -0.301. The summed E-state index contributed by atoms with van der Waals surface area (Å²) in [5.74, 6) is 1.46. The molecule has 2 aliphatic rings. The van der Waals surface area contributed by atoms with Crippen LogP contribution in [0.25, 0.3) is 10.9 Å².